The number of hydrogen-bond donors (Lipinski definition) is 0. The monoisotopic (exact) mass is 822 g/mol. The molecule has 0 N–H and O–H groups in total. The Morgan fingerprint density at radius 1 is 0.492 bits per heavy atom. The first-order valence-electron chi connectivity index (χ1n) is 22.1. The Balaban J connectivity index is 1.21. The van der Waals surface area contributed by atoms with Gasteiger partial charge < -0.3 is 9.71 Å². The minimum Gasteiger partial charge on any atom is -0.375 e. The topological polar surface area (TPSA) is 6.48 Å². The summed E-state index contributed by atoms with van der Waals surface area (Å²) in [5, 5.41) is 3.81. The van der Waals surface area contributed by atoms with E-state index < -0.39 is 5.41 Å². The SMILES string of the molecule is CC(C)(C)c1ccc(N2c3cc4ccccc4c4c3B(c3sc5ccccc5c32)N2c3ccccc3C(c3ccccc3)(c3ccccc3)c3cccc-4c32)c(-c2ccccc2)c1. The van der Waals surface area contributed by atoms with Crippen molar-refractivity contribution in [1.29, 1.82) is 0 Å². The lowest BCUT2D eigenvalue weighted by Gasteiger charge is -2.52. The third kappa shape index (κ3) is 5.01. The highest BCUT2D eigenvalue weighted by Gasteiger charge is 2.54. The molecule has 3 aliphatic rings. The van der Waals surface area contributed by atoms with Crippen molar-refractivity contribution < 1.29 is 0 Å². The van der Waals surface area contributed by atoms with Gasteiger partial charge in [0.05, 0.1) is 16.8 Å². The maximum Gasteiger partial charge on any atom is 0.343 e. The molecule has 0 saturated heterocycles. The summed E-state index contributed by atoms with van der Waals surface area (Å²) in [5.41, 5.74) is 18.6. The number of hydrogen-bond acceptors (Lipinski definition) is 3. The number of rotatable bonds is 4. The summed E-state index contributed by atoms with van der Waals surface area (Å²) >= 11 is 1.96. The van der Waals surface area contributed by atoms with E-state index in [4.69, 9.17) is 0 Å². The summed E-state index contributed by atoms with van der Waals surface area (Å²) in [6.45, 7) is 6.87. The van der Waals surface area contributed by atoms with Crippen molar-refractivity contribution in [1.82, 2.24) is 0 Å². The van der Waals surface area contributed by atoms with Gasteiger partial charge in [-0.1, -0.05) is 197 Å². The average Bonchev–Trinajstić information content (AvgIpc) is 3.72. The highest BCUT2D eigenvalue weighted by atomic mass is 32.1. The molecule has 63 heavy (non-hydrogen) atoms. The minimum atomic E-state index is -0.561. The fraction of sp³-hybridized carbons (Fsp3) is 0.0847. The lowest BCUT2D eigenvalue weighted by Crippen LogP contribution is -2.62. The third-order valence-corrected chi connectivity index (χ3v) is 15.2. The summed E-state index contributed by atoms with van der Waals surface area (Å²) in [6, 6.07) is 77.8. The molecule has 0 fully saturated rings. The van der Waals surface area contributed by atoms with E-state index in [-0.39, 0.29) is 12.3 Å². The second-order valence-electron chi connectivity index (χ2n) is 18.4. The zero-order valence-corrected chi connectivity index (χ0v) is 36.3. The Bertz CT molecular complexity index is 3420. The van der Waals surface area contributed by atoms with E-state index in [9.17, 15) is 0 Å². The van der Waals surface area contributed by atoms with Crippen molar-refractivity contribution in [3.8, 4) is 22.3 Å². The number of thiophene rings is 1. The first kappa shape index (κ1) is 36.5. The van der Waals surface area contributed by atoms with Gasteiger partial charge in [0.1, 0.15) is 0 Å². The van der Waals surface area contributed by atoms with Gasteiger partial charge in [0.25, 0.3) is 0 Å². The fourth-order valence-electron chi connectivity index (χ4n) is 11.4. The normalized spacial score (nSPS) is 14.3. The second-order valence-corrected chi connectivity index (χ2v) is 19.5. The van der Waals surface area contributed by atoms with Gasteiger partial charge in [-0.2, -0.15) is 0 Å². The standard InChI is InChI=1S/C59H43BN2S/c1-58(2,3)42-34-35-49(46(37-42)38-20-7-4-8-21-38)61-51-36-39-22-13-14-27-43(39)53-45-29-19-31-48-55(45)62(60(54(51)53)57-56(61)44-28-15-18-33-52(44)63-57)50-32-17-16-30-47(50)59(48,40-23-9-5-10-24-40)41-25-11-6-12-26-41/h4-37H,1-3H3. The van der Waals surface area contributed by atoms with Gasteiger partial charge in [0.15, 0.2) is 0 Å². The van der Waals surface area contributed by atoms with Gasteiger partial charge in [0.2, 0.25) is 0 Å². The van der Waals surface area contributed by atoms with Crippen LogP contribution in [0.5, 0.6) is 0 Å². The number of anilines is 5. The highest BCUT2D eigenvalue weighted by molar-refractivity contribution is 7.32. The molecule has 0 aliphatic carbocycles. The first-order chi connectivity index (χ1) is 30.9. The summed E-state index contributed by atoms with van der Waals surface area (Å²) in [6.07, 6.45) is 0. The number of nitrogens with zero attached hydrogens (tertiary/aromatic N) is 2. The summed E-state index contributed by atoms with van der Waals surface area (Å²) in [7, 11) is 0. The smallest absolute Gasteiger partial charge is 0.343 e. The van der Waals surface area contributed by atoms with E-state index in [0.717, 1.165) is 0 Å². The Morgan fingerprint density at radius 2 is 1.13 bits per heavy atom. The molecule has 0 saturated carbocycles. The molecule has 9 aromatic carbocycles. The minimum absolute atomic E-state index is 0.0187. The molecule has 0 atom stereocenters. The van der Waals surface area contributed by atoms with Crippen LogP contribution in [0, 0.1) is 0 Å². The number of benzene rings is 9. The average molecular weight is 823 g/mol. The molecular formula is C59H43BN2S. The largest absolute Gasteiger partial charge is 0.375 e. The van der Waals surface area contributed by atoms with E-state index in [1.807, 2.05) is 11.3 Å². The van der Waals surface area contributed by atoms with Crippen molar-refractivity contribution >= 4 is 77.7 Å². The van der Waals surface area contributed by atoms with Crippen LogP contribution in [0.3, 0.4) is 0 Å². The highest BCUT2D eigenvalue weighted by Crippen LogP contribution is 2.61. The Labute approximate surface area is 373 Å². The Kier molecular flexibility index (Phi) is 7.78. The molecule has 3 aliphatic heterocycles. The van der Waals surface area contributed by atoms with E-state index >= 15 is 0 Å². The lowest BCUT2D eigenvalue weighted by atomic mass is 9.44. The Morgan fingerprint density at radius 3 is 1.87 bits per heavy atom. The lowest BCUT2D eigenvalue weighted by molar-refractivity contribution is 0.590. The number of para-hydroxylation sites is 2. The van der Waals surface area contributed by atoms with Gasteiger partial charge in [-0.3, -0.25) is 0 Å². The second kappa shape index (κ2) is 13.4. The molecule has 13 rings (SSSR count). The van der Waals surface area contributed by atoms with Crippen LogP contribution in [0.1, 0.15) is 48.6 Å². The molecule has 0 amide bonds. The van der Waals surface area contributed by atoms with E-state index in [1.54, 1.807) is 0 Å². The van der Waals surface area contributed by atoms with Crippen LogP contribution in [0.25, 0.3) is 43.1 Å². The molecule has 4 heterocycles. The molecule has 0 radical (unpaired) electrons. The van der Waals surface area contributed by atoms with Crippen molar-refractivity contribution in [2.24, 2.45) is 0 Å². The van der Waals surface area contributed by atoms with Crippen LogP contribution in [-0.4, -0.2) is 6.85 Å². The van der Waals surface area contributed by atoms with Crippen LogP contribution < -0.4 is 20.0 Å². The van der Waals surface area contributed by atoms with Crippen LogP contribution >= 0.6 is 11.3 Å². The molecule has 0 bridgehead atoms. The molecular weight excluding hydrogens is 780 g/mol. The van der Waals surface area contributed by atoms with E-state index in [0.29, 0.717) is 0 Å². The van der Waals surface area contributed by atoms with Crippen molar-refractivity contribution in [3.63, 3.8) is 0 Å². The zero-order chi connectivity index (χ0) is 42.0. The number of fused-ring (bicyclic) bond motifs is 10. The third-order valence-electron chi connectivity index (χ3n) is 14.0. The maximum atomic E-state index is 2.75. The predicted molar refractivity (Wildman–Crippen MR) is 269 cm³/mol. The molecule has 0 unspecified atom stereocenters. The van der Waals surface area contributed by atoms with Crippen molar-refractivity contribution in [3.05, 3.63) is 234 Å². The molecule has 298 valence electrons. The zero-order valence-electron chi connectivity index (χ0n) is 35.5. The van der Waals surface area contributed by atoms with E-state index in [1.165, 1.54) is 110 Å². The molecule has 0 spiro atoms. The van der Waals surface area contributed by atoms with Gasteiger partial charge in [-0.15, -0.1) is 11.3 Å². The van der Waals surface area contributed by atoms with Gasteiger partial charge >= 0.3 is 6.85 Å². The van der Waals surface area contributed by atoms with Crippen LogP contribution in [-0.2, 0) is 10.8 Å². The molecule has 2 nitrogen and oxygen atoms in total. The quantitative estimate of drug-likeness (QED) is 0.163. The molecule has 4 heteroatoms. The Hall–Kier alpha value is -7.14. The van der Waals surface area contributed by atoms with E-state index in [2.05, 4.69) is 237 Å². The molecule has 10 aromatic rings. The van der Waals surface area contributed by atoms with Gasteiger partial charge in [0, 0.05) is 43.1 Å². The fourth-order valence-corrected chi connectivity index (χ4v) is 12.7. The first-order valence-corrected chi connectivity index (χ1v) is 23.0. The van der Waals surface area contributed by atoms with Crippen molar-refractivity contribution in [2.45, 2.75) is 31.6 Å². The maximum absolute atomic E-state index is 2.75. The summed E-state index contributed by atoms with van der Waals surface area (Å²) < 4.78 is 2.66. The van der Waals surface area contributed by atoms with Crippen LogP contribution in [0.2, 0.25) is 0 Å². The van der Waals surface area contributed by atoms with Crippen LogP contribution in [0.4, 0.5) is 28.4 Å². The summed E-state index contributed by atoms with van der Waals surface area (Å²) in [4.78, 5) is 5.39. The van der Waals surface area contributed by atoms with Crippen LogP contribution in [0.15, 0.2) is 206 Å². The van der Waals surface area contributed by atoms with Crippen molar-refractivity contribution in [2.75, 3.05) is 9.71 Å². The molecule has 1 aromatic heterocycles. The summed E-state index contributed by atoms with van der Waals surface area (Å²) in [5.74, 6) is 0. The van der Waals surface area contributed by atoms with Gasteiger partial charge in [-0.05, 0) is 90.9 Å². The van der Waals surface area contributed by atoms with Gasteiger partial charge in [-0.25, -0.2) is 0 Å². The predicted octanol–water partition coefficient (Wildman–Crippen LogP) is 14.4.